The summed E-state index contributed by atoms with van der Waals surface area (Å²) in [5, 5.41) is 2.38. The molecule has 1 N–H and O–H groups in total. The lowest BCUT2D eigenvalue weighted by Gasteiger charge is -2.28. The molecule has 1 aromatic heterocycles. The minimum atomic E-state index is -0.968. The molecule has 0 bridgehead atoms. The molecule has 0 saturated heterocycles. The number of carbonyl (C=O) groups excluding carboxylic acids is 3. The Kier molecular flexibility index (Phi) is 6.73. The second kappa shape index (κ2) is 9.00. The van der Waals surface area contributed by atoms with Gasteiger partial charge in [-0.1, -0.05) is 0 Å². The molecule has 8 nitrogen and oxygen atoms in total. The minimum Gasteiger partial charge on any atom is -0.474 e. The first-order valence-electron chi connectivity index (χ1n) is 8.10. The van der Waals surface area contributed by atoms with Crippen LogP contribution in [-0.2, 0) is 23.9 Å². The van der Waals surface area contributed by atoms with Gasteiger partial charge in [-0.2, -0.15) is 0 Å². The number of aromatic nitrogens is 1. The van der Waals surface area contributed by atoms with Crippen molar-refractivity contribution in [2.75, 3.05) is 19.5 Å². The minimum absolute atomic E-state index is 0.0527. The largest absolute Gasteiger partial charge is 0.474 e. The summed E-state index contributed by atoms with van der Waals surface area (Å²) in [5.74, 6) is -1.20. The van der Waals surface area contributed by atoms with Crippen molar-refractivity contribution in [2.24, 2.45) is 5.92 Å². The zero-order chi connectivity index (χ0) is 18.2. The van der Waals surface area contributed by atoms with E-state index in [-0.39, 0.29) is 12.1 Å². The number of nitrogens with zero attached hydrogens (tertiary/aromatic N) is 1. The van der Waals surface area contributed by atoms with E-state index in [9.17, 15) is 14.4 Å². The fourth-order valence-electron chi connectivity index (χ4n) is 2.74. The zero-order valence-electron chi connectivity index (χ0n) is 14.3. The third-order valence-electron chi connectivity index (χ3n) is 4.13. The van der Waals surface area contributed by atoms with E-state index in [1.807, 2.05) is 0 Å². The summed E-state index contributed by atoms with van der Waals surface area (Å²) in [7, 11) is 2.54. The highest BCUT2D eigenvalue weighted by Gasteiger charge is 2.24. The van der Waals surface area contributed by atoms with Crippen LogP contribution < -0.4 is 10.1 Å². The normalized spacial score (nSPS) is 19.6. The Morgan fingerprint density at radius 1 is 1.12 bits per heavy atom. The SMILES string of the molecule is COC(=O)CC1CCC(Oc2ccc(NC(=O)C(=O)OC)cn2)CC1. The Labute approximate surface area is 145 Å². The summed E-state index contributed by atoms with van der Waals surface area (Å²) in [6, 6.07) is 3.24. The maximum Gasteiger partial charge on any atom is 0.396 e. The fraction of sp³-hybridized carbons (Fsp3) is 0.529. The van der Waals surface area contributed by atoms with Gasteiger partial charge < -0.3 is 19.5 Å². The molecule has 1 saturated carbocycles. The average molecular weight is 350 g/mol. The number of pyridine rings is 1. The Morgan fingerprint density at radius 2 is 1.84 bits per heavy atom. The van der Waals surface area contributed by atoms with Crippen molar-refractivity contribution < 1.29 is 28.6 Å². The molecule has 0 aromatic carbocycles. The lowest BCUT2D eigenvalue weighted by Crippen LogP contribution is -2.26. The van der Waals surface area contributed by atoms with Crippen LogP contribution in [0.15, 0.2) is 18.3 Å². The number of nitrogens with one attached hydrogen (secondary N) is 1. The molecular formula is C17H22N2O6. The van der Waals surface area contributed by atoms with E-state index in [2.05, 4.69) is 15.0 Å². The number of hydrogen-bond donors (Lipinski definition) is 1. The zero-order valence-corrected chi connectivity index (χ0v) is 14.3. The number of anilines is 1. The van der Waals surface area contributed by atoms with Crippen molar-refractivity contribution in [1.29, 1.82) is 0 Å². The molecule has 0 atom stereocenters. The number of rotatable bonds is 5. The van der Waals surface area contributed by atoms with Gasteiger partial charge in [-0.3, -0.25) is 9.59 Å². The summed E-state index contributed by atoms with van der Waals surface area (Å²) in [6.07, 6.45) is 5.45. The van der Waals surface area contributed by atoms with Crippen molar-refractivity contribution in [3.63, 3.8) is 0 Å². The van der Waals surface area contributed by atoms with Gasteiger partial charge in [0, 0.05) is 12.5 Å². The van der Waals surface area contributed by atoms with Crippen LogP contribution in [0.5, 0.6) is 5.88 Å². The molecule has 1 amide bonds. The van der Waals surface area contributed by atoms with E-state index < -0.39 is 11.9 Å². The summed E-state index contributed by atoms with van der Waals surface area (Å²) in [6.45, 7) is 0. The van der Waals surface area contributed by atoms with Gasteiger partial charge in [-0.25, -0.2) is 9.78 Å². The third-order valence-corrected chi connectivity index (χ3v) is 4.13. The van der Waals surface area contributed by atoms with Crippen LogP contribution in [0.4, 0.5) is 5.69 Å². The predicted molar refractivity (Wildman–Crippen MR) is 87.9 cm³/mol. The Balaban J connectivity index is 1.79. The summed E-state index contributed by atoms with van der Waals surface area (Å²) in [5.41, 5.74) is 0.379. The van der Waals surface area contributed by atoms with E-state index >= 15 is 0 Å². The summed E-state index contributed by atoms with van der Waals surface area (Å²) in [4.78, 5) is 37.9. The second-order valence-electron chi connectivity index (χ2n) is 5.87. The van der Waals surface area contributed by atoms with E-state index in [0.717, 1.165) is 32.8 Å². The van der Waals surface area contributed by atoms with Crippen molar-refractivity contribution in [1.82, 2.24) is 4.98 Å². The highest BCUT2D eigenvalue weighted by Crippen LogP contribution is 2.29. The molecule has 25 heavy (non-hydrogen) atoms. The van der Waals surface area contributed by atoms with Crippen molar-refractivity contribution in [3.05, 3.63) is 18.3 Å². The van der Waals surface area contributed by atoms with Gasteiger partial charge in [0.15, 0.2) is 0 Å². The number of esters is 2. The molecule has 136 valence electrons. The van der Waals surface area contributed by atoms with Crippen LogP contribution in [0, 0.1) is 5.92 Å². The van der Waals surface area contributed by atoms with Crippen LogP contribution >= 0.6 is 0 Å². The maximum absolute atomic E-state index is 11.4. The highest BCUT2D eigenvalue weighted by molar-refractivity contribution is 6.37. The van der Waals surface area contributed by atoms with Crippen LogP contribution in [0.1, 0.15) is 32.1 Å². The van der Waals surface area contributed by atoms with Crippen LogP contribution in [0.3, 0.4) is 0 Å². The Hall–Kier alpha value is -2.64. The summed E-state index contributed by atoms with van der Waals surface area (Å²) >= 11 is 0. The standard InChI is InChI=1S/C17H22N2O6/c1-23-15(20)9-11-3-6-13(7-4-11)25-14-8-5-12(10-18-14)19-16(21)17(22)24-2/h5,8,10-11,13H,3-4,6-7,9H2,1-2H3,(H,19,21). The van der Waals surface area contributed by atoms with Gasteiger partial charge in [-0.15, -0.1) is 0 Å². The van der Waals surface area contributed by atoms with E-state index in [1.54, 1.807) is 12.1 Å². The highest BCUT2D eigenvalue weighted by atomic mass is 16.5. The number of hydrogen-bond acceptors (Lipinski definition) is 7. The number of carbonyl (C=O) groups is 3. The molecule has 2 rings (SSSR count). The fourth-order valence-corrected chi connectivity index (χ4v) is 2.74. The molecule has 0 radical (unpaired) electrons. The van der Waals surface area contributed by atoms with Gasteiger partial charge in [0.1, 0.15) is 6.10 Å². The van der Waals surface area contributed by atoms with Crippen molar-refractivity contribution in [2.45, 2.75) is 38.2 Å². The van der Waals surface area contributed by atoms with Gasteiger partial charge in [0.25, 0.3) is 0 Å². The first-order valence-corrected chi connectivity index (χ1v) is 8.10. The number of ether oxygens (including phenoxy) is 3. The van der Waals surface area contributed by atoms with Crippen LogP contribution in [-0.4, -0.2) is 43.2 Å². The predicted octanol–water partition coefficient (Wildman–Crippen LogP) is 1.69. The molecular weight excluding hydrogens is 328 g/mol. The topological polar surface area (TPSA) is 104 Å². The molecule has 0 unspecified atom stereocenters. The monoisotopic (exact) mass is 350 g/mol. The summed E-state index contributed by atoms with van der Waals surface area (Å²) < 4.78 is 14.9. The van der Waals surface area contributed by atoms with Crippen LogP contribution in [0.25, 0.3) is 0 Å². The molecule has 8 heteroatoms. The van der Waals surface area contributed by atoms with Gasteiger partial charge in [0.2, 0.25) is 5.88 Å². The molecule has 0 spiro atoms. The Bertz CT molecular complexity index is 608. The number of methoxy groups -OCH3 is 2. The Morgan fingerprint density at radius 3 is 2.40 bits per heavy atom. The van der Waals surface area contributed by atoms with E-state index in [1.165, 1.54) is 13.3 Å². The molecule has 0 aliphatic heterocycles. The van der Waals surface area contributed by atoms with Gasteiger partial charge in [-0.05, 0) is 37.7 Å². The smallest absolute Gasteiger partial charge is 0.396 e. The second-order valence-corrected chi connectivity index (χ2v) is 5.87. The molecule has 1 fully saturated rings. The maximum atomic E-state index is 11.4. The molecule has 1 aliphatic rings. The molecule has 1 heterocycles. The number of amides is 1. The van der Waals surface area contributed by atoms with Crippen molar-refractivity contribution >= 4 is 23.5 Å². The van der Waals surface area contributed by atoms with Gasteiger partial charge >= 0.3 is 17.8 Å². The lowest BCUT2D eigenvalue weighted by molar-refractivity contribution is -0.150. The first-order chi connectivity index (χ1) is 12.0. The van der Waals surface area contributed by atoms with Crippen LogP contribution in [0.2, 0.25) is 0 Å². The third kappa shape index (κ3) is 5.74. The molecule has 1 aromatic rings. The molecule has 1 aliphatic carbocycles. The van der Waals surface area contributed by atoms with E-state index in [4.69, 9.17) is 9.47 Å². The first kappa shape index (κ1) is 18.7. The quantitative estimate of drug-likeness (QED) is 0.636. The lowest BCUT2D eigenvalue weighted by atomic mass is 9.85. The van der Waals surface area contributed by atoms with Gasteiger partial charge in [0.05, 0.1) is 26.1 Å². The average Bonchev–Trinajstić information content (AvgIpc) is 2.64. The van der Waals surface area contributed by atoms with E-state index in [0.29, 0.717) is 23.9 Å². The van der Waals surface area contributed by atoms with Crippen molar-refractivity contribution in [3.8, 4) is 5.88 Å².